The number of nitrogens with zero attached hydrogens (tertiary/aromatic N) is 1. The summed E-state index contributed by atoms with van der Waals surface area (Å²) in [6.45, 7) is 0. The molecule has 3 rings (SSSR count). The van der Waals surface area contributed by atoms with Gasteiger partial charge in [-0.1, -0.05) is 29.3 Å². The number of aromatic hydroxyl groups is 1. The molecule has 3 aromatic rings. The van der Waals surface area contributed by atoms with Crippen LogP contribution in [0.5, 0.6) is 11.5 Å². The predicted octanol–water partition coefficient (Wildman–Crippen LogP) is 4.73. The Bertz CT molecular complexity index is 1010. The highest BCUT2D eigenvalue weighted by Gasteiger charge is 2.14. The third kappa shape index (κ3) is 4.24. The predicted molar refractivity (Wildman–Crippen MR) is 104 cm³/mol. The molecule has 0 radical (unpaired) electrons. The Hall–Kier alpha value is -2.96. The van der Waals surface area contributed by atoms with Gasteiger partial charge in [0, 0.05) is 16.1 Å². The van der Waals surface area contributed by atoms with Crippen LogP contribution in [0, 0.1) is 0 Å². The molecule has 8 heteroatoms. The zero-order valence-electron chi connectivity index (χ0n) is 14.1. The van der Waals surface area contributed by atoms with Crippen molar-refractivity contribution < 1.29 is 19.1 Å². The van der Waals surface area contributed by atoms with E-state index in [4.69, 9.17) is 32.4 Å². The van der Waals surface area contributed by atoms with Gasteiger partial charge < -0.3 is 14.3 Å². The number of methoxy groups -OCH3 is 1. The summed E-state index contributed by atoms with van der Waals surface area (Å²) in [5, 5.41) is 14.7. The van der Waals surface area contributed by atoms with Gasteiger partial charge in [-0.15, -0.1) is 0 Å². The lowest BCUT2D eigenvalue weighted by Crippen LogP contribution is -2.16. The van der Waals surface area contributed by atoms with E-state index in [-0.39, 0.29) is 11.5 Å². The number of amides is 1. The monoisotopic (exact) mass is 404 g/mol. The molecule has 0 saturated carbocycles. The van der Waals surface area contributed by atoms with Gasteiger partial charge >= 0.3 is 5.91 Å². The van der Waals surface area contributed by atoms with E-state index >= 15 is 0 Å². The number of benzene rings is 2. The van der Waals surface area contributed by atoms with Crippen LogP contribution >= 0.6 is 23.2 Å². The second kappa shape index (κ2) is 8.16. The zero-order chi connectivity index (χ0) is 19.4. The van der Waals surface area contributed by atoms with Gasteiger partial charge in [-0.25, -0.2) is 5.43 Å². The number of hydrazone groups is 1. The molecule has 1 amide bonds. The van der Waals surface area contributed by atoms with Crippen molar-refractivity contribution in [3.63, 3.8) is 0 Å². The normalized spacial score (nSPS) is 10.9. The van der Waals surface area contributed by atoms with E-state index < -0.39 is 5.91 Å². The van der Waals surface area contributed by atoms with Gasteiger partial charge in [-0.05, 0) is 42.5 Å². The number of phenols is 1. The summed E-state index contributed by atoms with van der Waals surface area (Å²) in [6, 6.07) is 13.0. The van der Waals surface area contributed by atoms with Crippen LogP contribution in [0.15, 0.2) is 58.0 Å². The van der Waals surface area contributed by atoms with Crippen LogP contribution in [0.4, 0.5) is 0 Å². The van der Waals surface area contributed by atoms with Crippen LogP contribution in [-0.2, 0) is 0 Å². The van der Waals surface area contributed by atoms with E-state index in [0.29, 0.717) is 32.7 Å². The Morgan fingerprint density at radius 2 is 2.04 bits per heavy atom. The first-order valence-electron chi connectivity index (χ1n) is 7.74. The SMILES string of the molecule is COc1cccc(C=NNC(=O)c2ccc(-c3ccc(Cl)cc3Cl)o2)c1O. The molecule has 6 nitrogen and oxygen atoms in total. The lowest BCUT2D eigenvalue weighted by Gasteiger charge is -2.04. The number of hydrogen-bond acceptors (Lipinski definition) is 5. The first-order chi connectivity index (χ1) is 13.0. The lowest BCUT2D eigenvalue weighted by atomic mass is 10.2. The highest BCUT2D eigenvalue weighted by Crippen LogP contribution is 2.31. The summed E-state index contributed by atoms with van der Waals surface area (Å²) in [7, 11) is 1.44. The molecule has 0 spiro atoms. The number of carbonyl (C=O) groups excluding carboxylic acids is 1. The van der Waals surface area contributed by atoms with Crippen LogP contribution < -0.4 is 10.2 Å². The zero-order valence-corrected chi connectivity index (χ0v) is 15.6. The van der Waals surface area contributed by atoms with Crippen molar-refractivity contribution in [2.24, 2.45) is 5.10 Å². The van der Waals surface area contributed by atoms with Crippen LogP contribution in [0.2, 0.25) is 10.0 Å². The maximum atomic E-state index is 12.2. The van der Waals surface area contributed by atoms with Crippen molar-refractivity contribution in [3.05, 3.63) is 69.9 Å². The largest absolute Gasteiger partial charge is 0.504 e. The van der Waals surface area contributed by atoms with Gasteiger partial charge in [0.25, 0.3) is 0 Å². The second-order valence-corrected chi connectivity index (χ2v) is 6.23. The van der Waals surface area contributed by atoms with Crippen molar-refractivity contribution >= 4 is 35.3 Å². The lowest BCUT2D eigenvalue weighted by molar-refractivity contribution is 0.0928. The third-order valence-corrected chi connectivity index (χ3v) is 4.19. The molecule has 2 N–H and O–H groups in total. The Labute approximate surface area is 165 Å². The van der Waals surface area contributed by atoms with E-state index in [2.05, 4.69) is 10.5 Å². The second-order valence-electron chi connectivity index (χ2n) is 5.39. The average molecular weight is 405 g/mol. The molecular weight excluding hydrogens is 391 g/mol. The Morgan fingerprint density at radius 3 is 2.78 bits per heavy atom. The van der Waals surface area contributed by atoms with Gasteiger partial charge in [0.05, 0.1) is 18.3 Å². The highest BCUT2D eigenvalue weighted by atomic mass is 35.5. The number of nitrogens with one attached hydrogen (secondary N) is 1. The molecule has 0 fully saturated rings. The highest BCUT2D eigenvalue weighted by molar-refractivity contribution is 6.36. The maximum Gasteiger partial charge on any atom is 0.307 e. The molecule has 0 aliphatic carbocycles. The number of furan rings is 1. The minimum atomic E-state index is -0.551. The third-order valence-electron chi connectivity index (χ3n) is 3.65. The number of phenolic OH excluding ortho intramolecular Hbond substituents is 1. The molecular formula is C19H14Cl2N2O4. The molecule has 2 aromatic carbocycles. The number of para-hydroxylation sites is 1. The molecule has 0 bridgehead atoms. The summed E-state index contributed by atoms with van der Waals surface area (Å²) in [5.74, 6) is 0.167. The van der Waals surface area contributed by atoms with Crippen LogP contribution in [-0.4, -0.2) is 24.3 Å². The Kier molecular flexibility index (Phi) is 5.69. The van der Waals surface area contributed by atoms with Crippen LogP contribution in [0.3, 0.4) is 0 Å². The van der Waals surface area contributed by atoms with Crippen molar-refractivity contribution in [2.75, 3.05) is 7.11 Å². The van der Waals surface area contributed by atoms with Crippen molar-refractivity contribution in [1.82, 2.24) is 5.43 Å². The summed E-state index contributed by atoms with van der Waals surface area (Å²) in [5.41, 5.74) is 3.34. The molecule has 1 heterocycles. The number of halogens is 2. The number of hydrogen-bond donors (Lipinski definition) is 2. The summed E-state index contributed by atoms with van der Waals surface area (Å²) in [6.07, 6.45) is 1.30. The minimum absolute atomic E-state index is 0.0584. The quantitative estimate of drug-likeness (QED) is 0.475. The molecule has 0 atom stereocenters. The summed E-state index contributed by atoms with van der Waals surface area (Å²) < 4.78 is 10.5. The summed E-state index contributed by atoms with van der Waals surface area (Å²) >= 11 is 12.0. The van der Waals surface area contributed by atoms with E-state index in [1.807, 2.05) is 0 Å². The van der Waals surface area contributed by atoms with E-state index in [1.165, 1.54) is 19.4 Å². The van der Waals surface area contributed by atoms with E-state index in [1.54, 1.807) is 42.5 Å². The van der Waals surface area contributed by atoms with Crippen LogP contribution in [0.1, 0.15) is 16.1 Å². The standard InChI is InChI=1S/C19H14Cl2N2O4/c1-26-16-4-2-3-11(18(16)24)10-22-23-19(25)17-8-7-15(27-17)13-6-5-12(20)9-14(13)21/h2-10,24H,1H3,(H,23,25). The van der Waals surface area contributed by atoms with Gasteiger partial charge in [0.1, 0.15) is 5.76 Å². The minimum Gasteiger partial charge on any atom is -0.504 e. The molecule has 138 valence electrons. The van der Waals surface area contributed by atoms with Crippen molar-refractivity contribution in [3.8, 4) is 22.8 Å². The molecule has 1 aromatic heterocycles. The number of rotatable bonds is 5. The topological polar surface area (TPSA) is 84.1 Å². The Balaban J connectivity index is 1.71. The van der Waals surface area contributed by atoms with Gasteiger partial charge in [0.2, 0.25) is 0 Å². The van der Waals surface area contributed by atoms with E-state index in [9.17, 15) is 9.90 Å². The van der Waals surface area contributed by atoms with Gasteiger partial charge in [-0.3, -0.25) is 4.79 Å². The number of carbonyl (C=O) groups is 1. The molecule has 0 unspecified atom stereocenters. The number of ether oxygens (including phenoxy) is 1. The van der Waals surface area contributed by atoms with Crippen molar-refractivity contribution in [2.45, 2.75) is 0 Å². The van der Waals surface area contributed by atoms with Crippen LogP contribution in [0.25, 0.3) is 11.3 Å². The first kappa shape index (κ1) is 18.8. The fraction of sp³-hybridized carbons (Fsp3) is 0.0526. The molecule has 0 aliphatic rings. The molecule has 27 heavy (non-hydrogen) atoms. The van der Waals surface area contributed by atoms with Gasteiger partial charge in [0.15, 0.2) is 17.3 Å². The smallest absolute Gasteiger partial charge is 0.307 e. The average Bonchev–Trinajstić information content (AvgIpc) is 3.13. The maximum absolute atomic E-state index is 12.2. The fourth-order valence-electron chi connectivity index (χ4n) is 2.32. The Morgan fingerprint density at radius 1 is 1.22 bits per heavy atom. The first-order valence-corrected chi connectivity index (χ1v) is 8.50. The summed E-state index contributed by atoms with van der Waals surface area (Å²) in [4.78, 5) is 12.2. The van der Waals surface area contributed by atoms with Crippen molar-refractivity contribution in [1.29, 1.82) is 0 Å². The molecule has 0 aliphatic heterocycles. The van der Waals surface area contributed by atoms with Gasteiger partial charge in [-0.2, -0.15) is 5.10 Å². The molecule has 0 saturated heterocycles. The fourth-order valence-corrected chi connectivity index (χ4v) is 2.82. The van der Waals surface area contributed by atoms with E-state index in [0.717, 1.165) is 0 Å².